The molecule has 0 radical (unpaired) electrons. The molecule has 2 aliphatic rings. The first-order valence-electron chi connectivity index (χ1n) is 9.47. The van der Waals surface area contributed by atoms with E-state index in [0.717, 1.165) is 18.2 Å². The molecule has 26 heavy (non-hydrogen) atoms. The highest BCUT2D eigenvalue weighted by molar-refractivity contribution is 5.71. The maximum atomic E-state index is 9.21. The van der Waals surface area contributed by atoms with Crippen LogP contribution in [-0.4, -0.2) is 9.55 Å². The first-order valence-corrected chi connectivity index (χ1v) is 9.47. The second-order valence-corrected chi connectivity index (χ2v) is 7.57. The van der Waals surface area contributed by atoms with Crippen molar-refractivity contribution in [2.45, 2.75) is 37.6 Å². The number of rotatable bonds is 3. The highest BCUT2D eigenvalue weighted by Crippen LogP contribution is 2.51. The molecule has 2 aromatic carbocycles. The van der Waals surface area contributed by atoms with Crippen molar-refractivity contribution in [1.82, 2.24) is 9.55 Å². The molecule has 0 N–H and O–H groups in total. The number of nitriles is 1. The van der Waals surface area contributed by atoms with Gasteiger partial charge in [0.25, 0.3) is 0 Å². The molecule has 0 amide bonds. The molecule has 1 aromatic heterocycles. The van der Waals surface area contributed by atoms with Gasteiger partial charge >= 0.3 is 0 Å². The number of hydrogen-bond donors (Lipinski definition) is 0. The Morgan fingerprint density at radius 1 is 1.08 bits per heavy atom. The van der Waals surface area contributed by atoms with Crippen molar-refractivity contribution in [2.75, 3.05) is 0 Å². The van der Waals surface area contributed by atoms with Crippen molar-refractivity contribution in [2.24, 2.45) is 5.92 Å². The van der Waals surface area contributed by atoms with Crippen LogP contribution in [0.2, 0.25) is 0 Å². The van der Waals surface area contributed by atoms with Crippen molar-refractivity contribution in [3.63, 3.8) is 0 Å². The highest BCUT2D eigenvalue weighted by Gasteiger charge is 2.46. The quantitative estimate of drug-likeness (QED) is 0.665. The van der Waals surface area contributed by atoms with Crippen LogP contribution in [0.4, 0.5) is 0 Å². The molecule has 5 rings (SSSR count). The van der Waals surface area contributed by atoms with Gasteiger partial charge in [0.2, 0.25) is 0 Å². The van der Waals surface area contributed by atoms with Crippen LogP contribution in [0.25, 0.3) is 11.4 Å². The maximum absolute atomic E-state index is 9.21. The van der Waals surface area contributed by atoms with Crippen LogP contribution >= 0.6 is 0 Å². The minimum absolute atomic E-state index is 0.217. The lowest BCUT2D eigenvalue weighted by Crippen LogP contribution is -2.35. The Bertz CT molecular complexity index is 987. The Hall–Kier alpha value is -2.86. The number of benzene rings is 2. The molecule has 0 saturated heterocycles. The molecule has 3 heteroatoms. The second-order valence-electron chi connectivity index (χ2n) is 7.57. The lowest BCUT2D eigenvalue weighted by atomic mass is 9.75. The van der Waals surface area contributed by atoms with E-state index >= 15 is 0 Å². The normalized spacial score (nSPS) is 21.3. The van der Waals surface area contributed by atoms with Gasteiger partial charge < -0.3 is 4.57 Å². The lowest BCUT2D eigenvalue weighted by molar-refractivity contribution is 0.332. The van der Waals surface area contributed by atoms with Crippen LogP contribution in [0.5, 0.6) is 0 Å². The molecular formula is C23H21N3. The molecular weight excluding hydrogens is 318 g/mol. The number of fused-ring (bicyclic) bond motifs is 3. The summed E-state index contributed by atoms with van der Waals surface area (Å²) in [6.45, 7) is 0. The van der Waals surface area contributed by atoms with Gasteiger partial charge in [0.1, 0.15) is 5.82 Å². The zero-order valence-corrected chi connectivity index (χ0v) is 14.7. The van der Waals surface area contributed by atoms with Crippen molar-refractivity contribution in [3.8, 4) is 17.5 Å². The van der Waals surface area contributed by atoms with Crippen molar-refractivity contribution < 1.29 is 0 Å². The molecule has 0 bridgehead atoms. The number of imidazole rings is 1. The molecule has 3 nitrogen and oxygen atoms in total. The molecule has 1 saturated carbocycles. The van der Waals surface area contributed by atoms with Gasteiger partial charge in [0.15, 0.2) is 0 Å². The topological polar surface area (TPSA) is 41.6 Å². The Kier molecular flexibility index (Phi) is 3.46. The fraction of sp³-hybridized carbons (Fsp3) is 0.304. The maximum Gasteiger partial charge on any atom is 0.141 e. The van der Waals surface area contributed by atoms with Gasteiger partial charge in [0, 0.05) is 18.0 Å². The van der Waals surface area contributed by atoms with Crippen LogP contribution in [0.3, 0.4) is 0 Å². The summed E-state index contributed by atoms with van der Waals surface area (Å²) in [4.78, 5) is 4.68. The third-order valence-corrected chi connectivity index (χ3v) is 6.22. The minimum atomic E-state index is -0.217. The van der Waals surface area contributed by atoms with E-state index in [2.05, 4.69) is 58.2 Å². The monoisotopic (exact) mass is 339 g/mol. The van der Waals surface area contributed by atoms with E-state index in [9.17, 15) is 5.26 Å². The van der Waals surface area contributed by atoms with Gasteiger partial charge in [-0.15, -0.1) is 0 Å². The fourth-order valence-electron chi connectivity index (χ4n) is 5.05. The Morgan fingerprint density at radius 2 is 1.85 bits per heavy atom. The zero-order chi connectivity index (χ0) is 17.6. The largest absolute Gasteiger partial charge is 0.317 e. The lowest BCUT2D eigenvalue weighted by Gasteiger charge is -2.36. The molecule has 1 aliphatic heterocycles. The third kappa shape index (κ3) is 2.08. The average Bonchev–Trinajstić information content (AvgIpc) is 3.42. The van der Waals surface area contributed by atoms with E-state index in [1.165, 1.54) is 42.4 Å². The summed E-state index contributed by atoms with van der Waals surface area (Å²) in [5.41, 5.74) is 4.33. The smallest absolute Gasteiger partial charge is 0.141 e. The molecule has 2 heterocycles. The van der Waals surface area contributed by atoms with Crippen LogP contribution in [0, 0.1) is 17.2 Å². The van der Waals surface area contributed by atoms with Crippen LogP contribution in [0.1, 0.15) is 48.8 Å². The summed E-state index contributed by atoms with van der Waals surface area (Å²) in [6, 6.07) is 19.1. The Labute approximate surface area is 153 Å². The van der Waals surface area contributed by atoms with Gasteiger partial charge in [-0.25, -0.2) is 4.98 Å². The molecule has 1 aliphatic carbocycles. The van der Waals surface area contributed by atoms with Crippen molar-refractivity contribution in [3.05, 3.63) is 77.6 Å². The van der Waals surface area contributed by atoms with Crippen molar-refractivity contribution >= 4 is 0 Å². The fourth-order valence-corrected chi connectivity index (χ4v) is 5.05. The molecule has 1 atom stereocenters. The van der Waals surface area contributed by atoms with Gasteiger partial charge in [0.05, 0.1) is 17.2 Å². The molecule has 3 aromatic rings. The molecule has 128 valence electrons. The second kappa shape index (κ2) is 5.85. The standard InChI is InChI=1S/C23H21N3/c24-16-18-9-11-19(12-10-18)23(15-17-5-1-2-6-17)21-8-4-3-7-20(21)22-25-13-14-26(22)23/h3-4,7-14,17H,1-2,5-6,15H2/t23-/m0/s1. The summed E-state index contributed by atoms with van der Waals surface area (Å²) in [6.07, 6.45) is 10.4. The highest BCUT2D eigenvalue weighted by atomic mass is 15.2. The summed E-state index contributed by atoms with van der Waals surface area (Å²) >= 11 is 0. The van der Waals surface area contributed by atoms with Crippen LogP contribution < -0.4 is 0 Å². The van der Waals surface area contributed by atoms with Crippen LogP contribution in [0.15, 0.2) is 60.9 Å². The van der Waals surface area contributed by atoms with Gasteiger partial charge in [-0.3, -0.25) is 0 Å². The SMILES string of the molecule is N#Cc1ccc([C@@]2(CC3CCCC3)c3ccccc3-c3nccn32)cc1. The molecule has 0 unspecified atom stereocenters. The molecule has 1 fully saturated rings. The summed E-state index contributed by atoms with van der Waals surface area (Å²) in [5, 5.41) is 9.21. The number of nitrogens with zero attached hydrogens (tertiary/aromatic N) is 3. The van der Waals surface area contributed by atoms with E-state index in [-0.39, 0.29) is 5.54 Å². The zero-order valence-electron chi connectivity index (χ0n) is 14.7. The van der Waals surface area contributed by atoms with Gasteiger partial charge in [-0.05, 0) is 35.6 Å². The van der Waals surface area contributed by atoms with E-state index in [1.54, 1.807) is 0 Å². The number of aromatic nitrogens is 2. The van der Waals surface area contributed by atoms with E-state index in [1.807, 2.05) is 18.3 Å². The van der Waals surface area contributed by atoms with Gasteiger partial charge in [-0.2, -0.15) is 5.26 Å². The Morgan fingerprint density at radius 3 is 2.62 bits per heavy atom. The predicted octanol–water partition coefficient (Wildman–Crippen LogP) is 5.11. The summed E-state index contributed by atoms with van der Waals surface area (Å²) < 4.78 is 2.37. The summed E-state index contributed by atoms with van der Waals surface area (Å²) in [7, 11) is 0. The first kappa shape index (κ1) is 15.4. The first-order chi connectivity index (χ1) is 12.8. The summed E-state index contributed by atoms with van der Waals surface area (Å²) in [5.74, 6) is 1.79. The van der Waals surface area contributed by atoms with E-state index in [0.29, 0.717) is 5.56 Å². The Balaban J connectivity index is 1.76. The van der Waals surface area contributed by atoms with E-state index in [4.69, 9.17) is 0 Å². The molecule has 0 spiro atoms. The van der Waals surface area contributed by atoms with Crippen LogP contribution in [-0.2, 0) is 5.54 Å². The van der Waals surface area contributed by atoms with Gasteiger partial charge in [-0.1, -0.05) is 62.1 Å². The average molecular weight is 339 g/mol. The minimum Gasteiger partial charge on any atom is -0.317 e. The van der Waals surface area contributed by atoms with Crippen molar-refractivity contribution in [1.29, 1.82) is 5.26 Å². The predicted molar refractivity (Wildman–Crippen MR) is 102 cm³/mol. The third-order valence-electron chi connectivity index (χ3n) is 6.22. The van der Waals surface area contributed by atoms with E-state index < -0.39 is 0 Å². The number of hydrogen-bond acceptors (Lipinski definition) is 2.